The Morgan fingerprint density at radius 2 is 1.93 bits per heavy atom. The van der Waals surface area contributed by atoms with Crippen LogP contribution < -0.4 is 5.73 Å². The molecule has 2 unspecified atom stereocenters. The van der Waals surface area contributed by atoms with Gasteiger partial charge in [0.05, 0.1) is 5.60 Å². The molecule has 0 spiro atoms. The van der Waals surface area contributed by atoms with Gasteiger partial charge in [0, 0.05) is 10.4 Å². The minimum Gasteiger partial charge on any atom is -0.385 e. The second kappa shape index (κ2) is 5.10. The van der Waals surface area contributed by atoms with Gasteiger partial charge in [-0.1, -0.05) is 35.0 Å². The lowest BCUT2D eigenvalue weighted by molar-refractivity contribution is -0.00403. The average molecular weight is 272 g/mol. The van der Waals surface area contributed by atoms with E-state index in [1.54, 1.807) is 0 Å². The topological polar surface area (TPSA) is 46.2 Å². The van der Waals surface area contributed by atoms with E-state index in [0.717, 1.165) is 16.5 Å². The highest BCUT2D eigenvalue weighted by Crippen LogP contribution is 2.31. The fraction of sp³-hybridized carbons (Fsp3) is 0.500. The summed E-state index contributed by atoms with van der Waals surface area (Å²) in [5.41, 5.74) is 5.74. The Kier molecular flexibility index (Phi) is 4.32. The first-order chi connectivity index (χ1) is 7.02. The van der Waals surface area contributed by atoms with Crippen molar-refractivity contribution in [1.29, 1.82) is 0 Å². The van der Waals surface area contributed by atoms with Crippen LogP contribution in [0, 0.1) is 5.92 Å². The Balaban J connectivity index is 2.98. The van der Waals surface area contributed by atoms with E-state index < -0.39 is 5.60 Å². The molecule has 0 fully saturated rings. The van der Waals surface area contributed by atoms with Gasteiger partial charge in [-0.05, 0) is 37.6 Å². The normalized spacial score (nSPS) is 17.1. The van der Waals surface area contributed by atoms with E-state index in [-0.39, 0.29) is 5.92 Å². The zero-order valence-electron chi connectivity index (χ0n) is 9.20. The molecule has 0 heterocycles. The maximum absolute atomic E-state index is 10.4. The highest BCUT2D eigenvalue weighted by atomic mass is 79.9. The fourth-order valence-electron chi connectivity index (χ4n) is 1.82. The van der Waals surface area contributed by atoms with Crippen molar-refractivity contribution in [1.82, 2.24) is 0 Å². The van der Waals surface area contributed by atoms with Crippen LogP contribution in [0.15, 0.2) is 28.7 Å². The second-order valence-corrected chi connectivity index (χ2v) is 4.91. The van der Waals surface area contributed by atoms with E-state index >= 15 is 0 Å². The van der Waals surface area contributed by atoms with E-state index in [2.05, 4.69) is 15.9 Å². The molecule has 0 aliphatic carbocycles. The molecule has 0 aliphatic heterocycles. The Hall–Kier alpha value is -0.380. The number of nitrogens with two attached hydrogens (primary N) is 1. The van der Waals surface area contributed by atoms with Crippen molar-refractivity contribution in [3.8, 4) is 0 Å². The van der Waals surface area contributed by atoms with Crippen molar-refractivity contribution in [3.05, 3.63) is 34.3 Å². The van der Waals surface area contributed by atoms with Crippen molar-refractivity contribution >= 4 is 15.9 Å². The number of hydrogen-bond acceptors (Lipinski definition) is 2. The lowest BCUT2D eigenvalue weighted by atomic mass is 9.81. The third kappa shape index (κ3) is 2.80. The zero-order chi connectivity index (χ0) is 11.5. The molecule has 84 valence electrons. The van der Waals surface area contributed by atoms with E-state index in [1.807, 2.05) is 38.1 Å². The minimum absolute atomic E-state index is 0.0960. The van der Waals surface area contributed by atoms with Gasteiger partial charge in [0.2, 0.25) is 0 Å². The second-order valence-electron chi connectivity index (χ2n) is 4.00. The molecule has 1 rings (SSSR count). The fourth-order valence-corrected chi connectivity index (χ4v) is 2.08. The van der Waals surface area contributed by atoms with Crippen LogP contribution in [0.25, 0.3) is 0 Å². The molecule has 1 aromatic carbocycles. The molecular formula is C12H18BrNO. The molecule has 2 atom stereocenters. The van der Waals surface area contributed by atoms with Gasteiger partial charge in [-0.2, -0.15) is 0 Å². The largest absolute Gasteiger partial charge is 0.385 e. The molecule has 0 saturated heterocycles. The van der Waals surface area contributed by atoms with Gasteiger partial charge in [0.15, 0.2) is 0 Å². The van der Waals surface area contributed by atoms with E-state index in [9.17, 15) is 5.11 Å². The first-order valence-electron chi connectivity index (χ1n) is 5.20. The third-order valence-electron chi connectivity index (χ3n) is 3.00. The number of benzene rings is 1. The molecule has 3 N–H and O–H groups in total. The summed E-state index contributed by atoms with van der Waals surface area (Å²) in [6.07, 6.45) is 0.875. The van der Waals surface area contributed by atoms with Crippen molar-refractivity contribution < 1.29 is 5.11 Å². The number of rotatable bonds is 4. The number of halogens is 1. The number of aliphatic hydroxyl groups is 1. The predicted octanol–water partition coefficient (Wildman–Crippen LogP) is 2.64. The molecule has 2 nitrogen and oxygen atoms in total. The Morgan fingerprint density at radius 1 is 1.40 bits per heavy atom. The summed E-state index contributed by atoms with van der Waals surface area (Å²) in [7, 11) is 0. The van der Waals surface area contributed by atoms with E-state index in [4.69, 9.17) is 5.73 Å². The molecule has 0 aromatic heterocycles. The van der Waals surface area contributed by atoms with Crippen LogP contribution in [-0.2, 0) is 5.60 Å². The van der Waals surface area contributed by atoms with Gasteiger partial charge in [-0.3, -0.25) is 0 Å². The minimum atomic E-state index is -0.843. The summed E-state index contributed by atoms with van der Waals surface area (Å²) in [4.78, 5) is 0. The number of hydrogen-bond donors (Lipinski definition) is 2. The third-order valence-corrected chi connectivity index (χ3v) is 3.53. The molecule has 15 heavy (non-hydrogen) atoms. The van der Waals surface area contributed by atoms with Crippen molar-refractivity contribution in [2.45, 2.75) is 25.9 Å². The summed E-state index contributed by atoms with van der Waals surface area (Å²) in [6, 6.07) is 7.74. The molecule has 0 aliphatic rings. The Morgan fingerprint density at radius 3 is 2.33 bits per heavy atom. The molecule has 0 radical (unpaired) electrons. The van der Waals surface area contributed by atoms with E-state index in [1.165, 1.54) is 0 Å². The summed E-state index contributed by atoms with van der Waals surface area (Å²) >= 11 is 3.38. The van der Waals surface area contributed by atoms with Crippen LogP contribution >= 0.6 is 15.9 Å². The molecule has 3 heteroatoms. The lowest BCUT2D eigenvalue weighted by Crippen LogP contribution is -2.36. The molecule has 0 bridgehead atoms. The quantitative estimate of drug-likeness (QED) is 0.885. The van der Waals surface area contributed by atoms with Gasteiger partial charge >= 0.3 is 0 Å². The summed E-state index contributed by atoms with van der Waals surface area (Å²) < 4.78 is 1.02. The van der Waals surface area contributed by atoms with Crippen LogP contribution in [0.3, 0.4) is 0 Å². The SMILES string of the molecule is CCC(CN)C(C)(O)c1ccc(Br)cc1. The van der Waals surface area contributed by atoms with Gasteiger partial charge in [0.1, 0.15) is 0 Å². The predicted molar refractivity (Wildman–Crippen MR) is 66.5 cm³/mol. The van der Waals surface area contributed by atoms with Crippen LogP contribution in [0.5, 0.6) is 0 Å². The standard InChI is InChI=1S/C12H18BrNO/c1-3-9(8-14)12(2,15)10-4-6-11(13)7-5-10/h4-7,9,15H,3,8,14H2,1-2H3. The summed E-state index contributed by atoms with van der Waals surface area (Å²) in [5, 5.41) is 10.4. The van der Waals surface area contributed by atoms with Gasteiger partial charge < -0.3 is 10.8 Å². The van der Waals surface area contributed by atoms with Crippen LogP contribution in [0.1, 0.15) is 25.8 Å². The van der Waals surface area contributed by atoms with E-state index in [0.29, 0.717) is 6.54 Å². The monoisotopic (exact) mass is 271 g/mol. The van der Waals surface area contributed by atoms with Gasteiger partial charge in [0.25, 0.3) is 0 Å². The maximum atomic E-state index is 10.4. The molecular weight excluding hydrogens is 254 g/mol. The summed E-state index contributed by atoms with van der Waals surface area (Å²) in [5.74, 6) is 0.0960. The maximum Gasteiger partial charge on any atom is 0.0908 e. The van der Waals surface area contributed by atoms with Crippen molar-refractivity contribution in [2.24, 2.45) is 11.7 Å². The average Bonchev–Trinajstić information content (AvgIpc) is 2.19. The molecule has 0 amide bonds. The van der Waals surface area contributed by atoms with Crippen LogP contribution in [-0.4, -0.2) is 11.7 Å². The van der Waals surface area contributed by atoms with Crippen LogP contribution in [0.4, 0.5) is 0 Å². The van der Waals surface area contributed by atoms with Crippen molar-refractivity contribution in [3.63, 3.8) is 0 Å². The first kappa shape index (κ1) is 12.7. The Bertz CT molecular complexity index is 304. The van der Waals surface area contributed by atoms with Gasteiger partial charge in [-0.15, -0.1) is 0 Å². The molecule has 0 saturated carbocycles. The Labute approximate surface area is 99.6 Å². The zero-order valence-corrected chi connectivity index (χ0v) is 10.8. The van der Waals surface area contributed by atoms with Gasteiger partial charge in [-0.25, -0.2) is 0 Å². The highest BCUT2D eigenvalue weighted by molar-refractivity contribution is 9.10. The molecule has 1 aromatic rings. The summed E-state index contributed by atoms with van der Waals surface area (Å²) in [6.45, 7) is 4.38. The lowest BCUT2D eigenvalue weighted by Gasteiger charge is -2.32. The van der Waals surface area contributed by atoms with Crippen LogP contribution in [0.2, 0.25) is 0 Å². The smallest absolute Gasteiger partial charge is 0.0908 e. The first-order valence-corrected chi connectivity index (χ1v) is 6.00. The highest BCUT2D eigenvalue weighted by Gasteiger charge is 2.31. The van der Waals surface area contributed by atoms with Crippen molar-refractivity contribution in [2.75, 3.05) is 6.54 Å².